The van der Waals surface area contributed by atoms with Crippen molar-refractivity contribution in [3.05, 3.63) is 41.9 Å². The average Bonchev–Trinajstić information content (AvgIpc) is 3.07. The summed E-state index contributed by atoms with van der Waals surface area (Å²) in [6, 6.07) is 3.00. The van der Waals surface area contributed by atoms with Crippen LogP contribution in [0.4, 0.5) is 0 Å². The number of aromatic nitrogens is 2. The third-order valence-electron chi connectivity index (χ3n) is 3.67. The molecule has 0 bridgehead atoms. The van der Waals surface area contributed by atoms with Gasteiger partial charge in [-0.25, -0.2) is 18.4 Å². The Kier molecular flexibility index (Phi) is 3.54. The van der Waals surface area contributed by atoms with Gasteiger partial charge in [0.05, 0.1) is 6.04 Å². The van der Waals surface area contributed by atoms with Gasteiger partial charge in [0.25, 0.3) is 0 Å². The van der Waals surface area contributed by atoms with E-state index in [4.69, 9.17) is 4.42 Å². The van der Waals surface area contributed by atoms with Crippen molar-refractivity contribution < 1.29 is 12.8 Å². The van der Waals surface area contributed by atoms with E-state index in [-0.39, 0.29) is 10.9 Å². The van der Waals surface area contributed by atoms with Gasteiger partial charge in [0.2, 0.25) is 10.0 Å². The molecule has 7 heteroatoms. The van der Waals surface area contributed by atoms with Crippen LogP contribution in [-0.4, -0.2) is 29.2 Å². The molecule has 1 aliphatic heterocycles. The van der Waals surface area contributed by atoms with Crippen LogP contribution in [0, 0.1) is 13.8 Å². The molecule has 112 valence electrons. The standard InChI is InChI=1S/C14H17N3O3S/c1-10-9-13(11(2)20-10)21(18,19)17-8-3-5-12(17)14-15-6-4-7-16-14/h4,6-7,9,12H,3,5,8H2,1-2H3. The van der Waals surface area contributed by atoms with Crippen LogP contribution in [0.5, 0.6) is 0 Å². The molecule has 1 atom stereocenters. The second-order valence-electron chi connectivity index (χ2n) is 5.16. The van der Waals surface area contributed by atoms with Gasteiger partial charge in [0.15, 0.2) is 0 Å². The molecular formula is C14H17N3O3S. The van der Waals surface area contributed by atoms with Crippen LogP contribution in [0.25, 0.3) is 0 Å². The molecule has 2 aromatic rings. The van der Waals surface area contributed by atoms with Crippen LogP contribution < -0.4 is 0 Å². The first-order valence-corrected chi connectivity index (χ1v) is 8.30. The highest BCUT2D eigenvalue weighted by Crippen LogP contribution is 2.36. The van der Waals surface area contributed by atoms with E-state index in [0.29, 0.717) is 23.9 Å². The Balaban J connectivity index is 2.00. The Labute approximate surface area is 123 Å². The fraction of sp³-hybridized carbons (Fsp3) is 0.429. The highest BCUT2D eigenvalue weighted by molar-refractivity contribution is 7.89. The molecule has 1 unspecified atom stereocenters. The van der Waals surface area contributed by atoms with Crippen LogP contribution in [0.3, 0.4) is 0 Å². The predicted molar refractivity (Wildman–Crippen MR) is 76.1 cm³/mol. The van der Waals surface area contributed by atoms with Gasteiger partial charge in [-0.2, -0.15) is 4.31 Å². The first kappa shape index (κ1) is 14.2. The summed E-state index contributed by atoms with van der Waals surface area (Å²) in [6.45, 7) is 3.90. The lowest BCUT2D eigenvalue weighted by Crippen LogP contribution is -2.31. The van der Waals surface area contributed by atoms with Crippen molar-refractivity contribution in [2.24, 2.45) is 0 Å². The van der Waals surface area contributed by atoms with Crippen molar-refractivity contribution in [2.45, 2.75) is 37.6 Å². The maximum atomic E-state index is 12.9. The predicted octanol–water partition coefficient (Wildman–Crippen LogP) is 2.21. The molecule has 0 saturated carbocycles. The Morgan fingerprint density at radius 3 is 2.62 bits per heavy atom. The number of hydrogen-bond acceptors (Lipinski definition) is 5. The number of aryl methyl sites for hydroxylation is 2. The van der Waals surface area contributed by atoms with Gasteiger partial charge in [-0.3, -0.25) is 0 Å². The third-order valence-corrected chi connectivity index (χ3v) is 5.69. The van der Waals surface area contributed by atoms with E-state index in [9.17, 15) is 8.42 Å². The largest absolute Gasteiger partial charge is 0.465 e. The van der Waals surface area contributed by atoms with E-state index >= 15 is 0 Å². The minimum absolute atomic E-state index is 0.239. The highest BCUT2D eigenvalue weighted by atomic mass is 32.2. The summed E-state index contributed by atoms with van der Waals surface area (Å²) in [5.74, 6) is 1.57. The van der Waals surface area contributed by atoms with Crippen LogP contribution in [0.15, 0.2) is 33.8 Å². The van der Waals surface area contributed by atoms with Crippen LogP contribution in [0.1, 0.15) is 36.2 Å². The molecule has 21 heavy (non-hydrogen) atoms. The van der Waals surface area contributed by atoms with E-state index in [1.54, 1.807) is 38.4 Å². The van der Waals surface area contributed by atoms with Gasteiger partial charge < -0.3 is 4.42 Å². The molecule has 0 radical (unpaired) electrons. The molecule has 0 aromatic carbocycles. The van der Waals surface area contributed by atoms with Crippen molar-refractivity contribution in [1.82, 2.24) is 14.3 Å². The Bertz CT molecular complexity index is 740. The molecule has 6 nitrogen and oxygen atoms in total. The Morgan fingerprint density at radius 2 is 2.00 bits per heavy atom. The number of sulfonamides is 1. The van der Waals surface area contributed by atoms with Gasteiger partial charge >= 0.3 is 0 Å². The molecule has 0 aliphatic carbocycles. The summed E-state index contributed by atoms with van der Waals surface area (Å²) in [4.78, 5) is 8.65. The fourth-order valence-corrected chi connectivity index (χ4v) is 4.64. The Morgan fingerprint density at radius 1 is 1.29 bits per heavy atom. The van der Waals surface area contributed by atoms with Crippen molar-refractivity contribution in [3.8, 4) is 0 Å². The summed E-state index contributed by atoms with van der Waals surface area (Å²) in [5, 5.41) is 0. The number of hydrogen-bond donors (Lipinski definition) is 0. The number of rotatable bonds is 3. The second-order valence-corrected chi connectivity index (χ2v) is 7.02. The molecule has 0 spiro atoms. The molecule has 1 fully saturated rings. The van der Waals surface area contributed by atoms with Gasteiger partial charge in [0.1, 0.15) is 22.2 Å². The lowest BCUT2D eigenvalue weighted by molar-refractivity contribution is 0.381. The van der Waals surface area contributed by atoms with Crippen molar-refractivity contribution in [3.63, 3.8) is 0 Å². The first-order valence-electron chi connectivity index (χ1n) is 6.86. The highest BCUT2D eigenvalue weighted by Gasteiger charge is 2.39. The van der Waals surface area contributed by atoms with E-state index < -0.39 is 10.0 Å². The molecule has 0 N–H and O–H groups in total. The molecule has 3 heterocycles. The maximum Gasteiger partial charge on any atom is 0.247 e. The minimum atomic E-state index is -3.59. The van der Waals surface area contributed by atoms with E-state index in [2.05, 4.69) is 9.97 Å². The van der Waals surface area contributed by atoms with Crippen molar-refractivity contribution in [2.75, 3.05) is 6.54 Å². The number of nitrogens with zero attached hydrogens (tertiary/aromatic N) is 3. The molecule has 1 aliphatic rings. The van der Waals surface area contributed by atoms with Gasteiger partial charge in [-0.1, -0.05) is 0 Å². The molecule has 0 amide bonds. The van der Waals surface area contributed by atoms with E-state index in [1.165, 1.54) is 4.31 Å². The second kappa shape index (κ2) is 5.23. The van der Waals surface area contributed by atoms with Crippen molar-refractivity contribution >= 4 is 10.0 Å². The Hall–Kier alpha value is -1.73. The fourth-order valence-electron chi connectivity index (χ4n) is 2.76. The van der Waals surface area contributed by atoms with Gasteiger partial charge in [0, 0.05) is 18.9 Å². The molecule has 2 aromatic heterocycles. The van der Waals surface area contributed by atoms with Crippen LogP contribution in [-0.2, 0) is 10.0 Å². The average molecular weight is 307 g/mol. The summed E-state index contributed by atoms with van der Waals surface area (Å²) in [5.41, 5.74) is 0. The lowest BCUT2D eigenvalue weighted by atomic mass is 10.2. The maximum absolute atomic E-state index is 12.9. The van der Waals surface area contributed by atoms with E-state index in [0.717, 1.165) is 12.8 Å². The smallest absolute Gasteiger partial charge is 0.247 e. The minimum Gasteiger partial charge on any atom is -0.465 e. The zero-order valence-corrected chi connectivity index (χ0v) is 12.8. The molecule has 1 saturated heterocycles. The summed E-state index contributed by atoms with van der Waals surface area (Å²) < 4.78 is 32.6. The van der Waals surface area contributed by atoms with Crippen molar-refractivity contribution in [1.29, 1.82) is 0 Å². The monoisotopic (exact) mass is 307 g/mol. The summed E-state index contributed by atoms with van der Waals surface area (Å²) in [7, 11) is -3.59. The van der Waals surface area contributed by atoms with Crippen LogP contribution >= 0.6 is 0 Å². The summed E-state index contributed by atoms with van der Waals surface area (Å²) >= 11 is 0. The summed E-state index contributed by atoms with van der Waals surface area (Å²) in [6.07, 6.45) is 4.81. The number of furan rings is 1. The quantitative estimate of drug-likeness (QED) is 0.869. The SMILES string of the molecule is Cc1cc(S(=O)(=O)N2CCCC2c2ncccn2)c(C)o1. The zero-order chi connectivity index (χ0) is 15.0. The normalized spacial score (nSPS) is 20.0. The molecular weight excluding hydrogens is 290 g/mol. The van der Waals surface area contributed by atoms with Gasteiger partial charge in [-0.05, 0) is 38.8 Å². The third kappa shape index (κ3) is 2.47. The zero-order valence-electron chi connectivity index (χ0n) is 12.0. The topological polar surface area (TPSA) is 76.3 Å². The van der Waals surface area contributed by atoms with Crippen LogP contribution in [0.2, 0.25) is 0 Å². The lowest BCUT2D eigenvalue weighted by Gasteiger charge is -2.22. The van der Waals surface area contributed by atoms with E-state index in [1.807, 2.05) is 0 Å². The molecule has 3 rings (SSSR count). The van der Waals surface area contributed by atoms with Gasteiger partial charge in [-0.15, -0.1) is 0 Å². The first-order chi connectivity index (χ1) is 10.00.